The molecule has 0 saturated heterocycles. The van der Waals surface area contributed by atoms with Crippen LogP contribution in [0.5, 0.6) is 0 Å². The van der Waals surface area contributed by atoms with Gasteiger partial charge in [-0.25, -0.2) is 0 Å². The molecule has 0 saturated carbocycles. The smallest absolute Gasteiger partial charge is 0.306 e. The molecule has 6 heteroatoms. The molecule has 0 rings (SSSR count). The van der Waals surface area contributed by atoms with E-state index in [1.807, 2.05) is 0 Å². The molecule has 0 N–H and O–H groups in total. The number of carbonyl (C=O) groups is 3. The summed E-state index contributed by atoms with van der Waals surface area (Å²) in [5.41, 5.74) is 0. The minimum atomic E-state index is -0.790. The van der Waals surface area contributed by atoms with E-state index in [1.165, 1.54) is 128 Å². The van der Waals surface area contributed by atoms with Crippen molar-refractivity contribution in [2.75, 3.05) is 13.2 Å². The molecule has 0 aromatic carbocycles. The van der Waals surface area contributed by atoms with Crippen LogP contribution in [0.25, 0.3) is 0 Å². The Kier molecular flexibility index (Phi) is 44.9. The molecular formula is C52H92O6. The summed E-state index contributed by atoms with van der Waals surface area (Å²) in [5, 5.41) is 0. The lowest BCUT2D eigenvalue weighted by atomic mass is 10.1. The summed E-state index contributed by atoms with van der Waals surface area (Å²) in [6.45, 7) is 6.47. The van der Waals surface area contributed by atoms with E-state index in [9.17, 15) is 14.4 Å². The molecule has 0 spiro atoms. The highest BCUT2D eigenvalue weighted by Gasteiger charge is 2.19. The van der Waals surface area contributed by atoms with Gasteiger partial charge in [-0.3, -0.25) is 14.4 Å². The number of carbonyl (C=O) groups excluding carboxylic acids is 3. The SMILES string of the molecule is CC/C=C\C/C=C\C/C=C\CCCCC(=O)OC(COC(=O)CCCCCCCCC/C=C\CCCCCCCCCC)COC(=O)CCCCCCCCCCC. The van der Waals surface area contributed by atoms with Crippen LogP contribution in [0.3, 0.4) is 0 Å². The van der Waals surface area contributed by atoms with Gasteiger partial charge >= 0.3 is 17.9 Å². The zero-order valence-electron chi connectivity index (χ0n) is 38.3. The summed E-state index contributed by atoms with van der Waals surface area (Å²) in [6.07, 6.45) is 55.4. The second-order valence-corrected chi connectivity index (χ2v) is 16.3. The summed E-state index contributed by atoms with van der Waals surface area (Å²) in [7, 11) is 0. The summed E-state index contributed by atoms with van der Waals surface area (Å²) in [5.74, 6) is -0.933. The number of allylic oxidation sites excluding steroid dienone is 8. The van der Waals surface area contributed by atoms with E-state index in [0.29, 0.717) is 19.3 Å². The van der Waals surface area contributed by atoms with Crippen molar-refractivity contribution in [3.05, 3.63) is 48.6 Å². The molecule has 0 aliphatic heterocycles. The molecule has 1 atom stereocenters. The Morgan fingerprint density at radius 1 is 0.362 bits per heavy atom. The van der Waals surface area contributed by atoms with E-state index in [2.05, 4.69) is 69.4 Å². The lowest BCUT2D eigenvalue weighted by molar-refractivity contribution is -0.167. The Morgan fingerprint density at radius 2 is 0.672 bits per heavy atom. The van der Waals surface area contributed by atoms with Crippen LogP contribution in [-0.2, 0) is 28.6 Å². The molecule has 0 amide bonds. The fourth-order valence-electron chi connectivity index (χ4n) is 6.86. The van der Waals surface area contributed by atoms with Crippen molar-refractivity contribution in [3.8, 4) is 0 Å². The number of rotatable bonds is 44. The molecule has 0 heterocycles. The average molecular weight is 813 g/mol. The van der Waals surface area contributed by atoms with Gasteiger partial charge in [0, 0.05) is 19.3 Å². The van der Waals surface area contributed by atoms with Crippen molar-refractivity contribution in [3.63, 3.8) is 0 Å². The van der Waals surface area contributed by atoms with Gasteiger partial charge in [0.05, 0.1) is 0 Å². The normalized spacial score (nSPS) is 12.4. The van der Waals surface area contributed by atoms with Gasteiger partial charge in [-0.2, -0.15) is 0 Å². The predicted molar refractivity (Wildman–Crippen MR) is 247 cm³/mol. The second-order valence-electron chi connectivity index (χ2n) is 16.3. The summed E-state index contributed by atoms with van der Waals surface area (Å²) in [4.78, 5) is 37.7. The molecule has 0 aromatic rings. The van der Waals surface area contributed by atoms with Crippen LogP contribution in [0.15, 0.2) is 48.6 Å². The minimum absolute atomic E-state index is 0.0885. The lowest BCUT2D eigenvalue weighted by Crippen LogP contribution is -2.30. The van der Waals surface area contributed by atoms with Crippen LogP contribution in [0.4, 0.5) is 0 Å². The number of esters is 3. The van der Waals surface area contributed by atoms with Gasteiger partial charge in [0.1, 0.15) is 13.2 Å². The number of unbranched alkanes of at least 4 members (excludes halogenated alkanes) is 25. The molecule has 0 bridgehead atoms. The average Bonchev–Trinajstić information content (AvgIpc) is 3.22. The molecular weight excluding hydrogens is 721 g/mol. The van der Waals surface area contributed by atoms with Crippen molar-refractivity contribution >= 4 is 17.9 Å². The van der Waals surface area contributed by atoms with E-state index in [1.54, 1.807) is 0 Å². The minimum Gasteiger partial charge on any atom is -0.462 e. The molecule has 58 heavy (non-hydrogen) atoms. The quantitative estimate of drug-likeness (QED) is 0.0264. The first-order chi connectivity index (χ1) is 28.5. The number of hydrogen-bond donors (Lipinski definition) is 0. The van der Waals surface area contributed by atoms with Gasteiger partial charge in [0.15, 0.2) is 6.10 Å². The molecule has 0 aromatic heterocycles. The maximum absolute atomic E-state index is 12.7. The van der Waals surface area contributed by atoms with Crippen molar-refractivity contribution in [2.24, 2.45) is 0 Å². The molecule has 0 aliphatic carbocycles. The monoisotopic (exact) mass is 813 g/mol. The zero-order chi connectivity index (χ0) is 42.3. The number of hydrogen-bond acceptors (Lipinski definition) is 6. The third kappa shape index (κ3) is 44.5. The largest absolute Gasteiger partial charge is 0.462 e. The number of ether oxygens (including phenoxy) is 3. The summed E-state index contributed by atoms with van der Waals surface area (Å²) < 4.78 is 16.7. The van der Waals surface area contributed by atoms with Gasteiger partial charge < -0.3 is 14.2 Å². The van der Waals surface area contributed by atoms with Crippen LogP contribution in [-0.4, -0.2) is 37.2 Å². The molecule has 0 aliphatic rings. The van der Waals surface area contributed by atoms with Crippen molar-refractivity contribution in [2.45, 2.75) is 252 Å². The van der Waals surface area contributed by atoms with Crippen LogP contribution in [0.2, 0.25) is 0 Å². The zero-order valence-corrected chi connectivity index (χ0v) is 38.3. The topological polar surface area (TPSA) is 78.9 Å². The van der Waals surface area contributed by atoms with Crippen LogP contribution >= 0.6 is 0 Å². The molecule has 0 fully saturated rings. The first kappa shape index (κ1) is 55.4. The lowest BCUT2D eigenvalue weighted by Gasteiger charge is -2.18. The van der Waals surface area contributed by atoms with Gasteiger partial charge in [-0.05, 0) is 77.0 Å². The Labute approximate surface area is 358 Å². The highest BCUT2D eigenvalue weighted by Crippen LogP contribution is 2.14. The molecule has 1 unspecified atom stereocenters. The van der Waals surface area contributed by atoms with Gasteiger partial charge in [-0.1, -0.05) is 198 Å². The highest BCUT2D eigenvalue weighted by atomic mass is 16.6. The van der Waals surface area contributed by atoms with Gasteiger partial charge in [0.2, 0.25) is 0 Å². The third-order valence-electron chi connectivity index (χ3n) is 10.6. The fraction of sp³-hybridized carbons (Fsp3) is 0.788. The second kappa shape index (κ2) is 47.1. The van der Waals surface area contributed by atoms with Crippen LogP contribution in [0, 0.1) is 0 Å². The Bertz CT molecular complexity index is 1030. The Hall–Kier alpha value is -2.63. The van der Waals surface area contributed by atoms with Gasteiger partial charge in [-0.15, -0.1) is 0 Å². The maximum atomic E-state index is 12.7. The van der Waals surface area contributed by atoms with E-state index >= 15 is 0 Å². The van der Waals surface area contributed by atoms with E-state index in [4.69, 9.17) is 14.2 Å². The van der Waals surface area contributed by atoms with Crippen LogP contribution in [0.1, 0.15) is 245 Å². The van der Waals surface area contributed by atoms with Crippen molar-refractivity contribution in [1.29, 1.82) is 0 Å². The standard InChI is InChI=1S/C52H92O6/c1-4-7-10-13-16-19-21-23-24-25-26-27-28-29-31-33-36-39-42-45-51(54)57-48-49(47-56-50(53)44-41-38-35-32-18-15-12-9-6-3)58-52(55)46-43-40-37-34-30-22-20-17-14-11-8-5-2/h8,11,17,20,25-26,30,34,49H,4-7,9-10,12-16,18-19,21-24,27-29,31-33,35-48H2,1-3H3/b11-8-,20-17-,26-25-,34-30-. The van der Waals surface area contributed by atoms with Crippen molar-refractivity contribution < 1.29 is 28.6 Å². The van der Waals surface area contributed by atoms with Crippen LogP contribution < -0.4 is 0 Å². The highest BCUT2D eigenvalue weighted by molar-refractivity contribution is 5.71. The Morgan fingerprint density at radius 3 is 1.10 bits per heavy atom. The predicted octanol–water partition coefficient (Wildman–Crippen LogP) is 15.9. The molecule has 0 radical (unpaired) electrons. The van der Waals surface area contributed by atoms with Gasteiger partial charge in [0.25, 0.3) is 0 Å². The van der Waals surface area contributed by atoms with Crippen molar-refractivity contribution in [1.82, 2.24) is 0 Å². The fourth-order valence-corrected chi connectivity index (χ4v) is 6.86. The maximum Gasteiger partial charge on any atom is 0.306 e. The van der Waals surface area contributed by atoms with E-state index in [0.717, 1.165) is 70.6 Å². The summed E-state index contributed by atoms with van der Waals surface area (Å²) >= 11 is 0. The Balaban J connectivity index is 4.31. The molecule has 336 valence electrons. The third-order valence-corrected chi connectivity index (χ3v) is 10.6. The molecule has 6 nitrogen and oxygen atoms in total. The first-order valence-electron chi connectivity index (χ1n) is 24.6. The first-order valence-corrected chi connectivity index (χ1v) is 24.6. The van der Waals surface area contributed by atoms with E-state index in [-0.39, 0.29) is 37.5 Å². The van der Waals surface area contributed by atoms with E-state index < -0.39 is 6.10 Å². The summed E-state index contributed by atoms with van der Waals surface area (Å²) in [6, 6.07) is 0.